The maximum absolute atomic E-state index is 5.53. The lowest BCUT2D eigenvalue weighted by atomic mass is 10.2. The van der Waals surface area contributed by atoms with Gasteiger partial charge in [0, 0.05) is 25.4 Å². The molecule has 1 atom stereocenters. The van der Waals surface area contributed by atoms with E-state index in [1.54, 1.807) is 19.4 Å². The minimum Gasteiger partial charge on any atom is -0.481 e. The molecule has 1 unspecified atom stereocenters. The third-order valence-electron chi connectivity index (χ3n) is 2.61. The Morgan fingerprint density at radius 3 is 3.31 bits per heavy atom. The zero-order valence-corrected chi connectivity index (χ0v) is 9.48. The first-order chi connectivity index (χ1) is 7.88. The van der Waals surface area contributed by atoms with Crippen LogP contribution in [0.25, 0.3) is 0 Å². The van der Waals surface area contributed by atoms with Gasteiger partial charge in [0.25, 0.3) is 0 Å². The number of hydrogen-bond donors (Lipinski definition) is 1. The summed E-state index contributed by atoms with van der Waals surface area (Å²) in [4.78, 5) is 8.28. The predicted molar refractivity (Wildman–Crippen MR) is 60.7 cm³/mol. The summed E-state index contributed by atoms with van der Waals surface area (Å²) in [6.07, 6.45) is 5.43. The molecule has 1 fully saturated rings. The van der Waals surface area contributed by atoms with Crippen molar-refractivity contribution in [3.63, 3.8) is 0 Å². The van der Waals surface area contributed by atoms with Crippen molar-refractivity contribution in [1.29, 1.82) is 0 Å². The second-order valence-electron chi connectivity index (χ2n) is 3.77. The normalized spacial score (nSPS) is 19.7. The highest BCUT2D eigenvalue weighted by molar-refractivity contribution is 5.27. The number of aromatic nitrogens is 2. The lowest BCUT2D eigenvalue weighted by molar-refractivity contribution is 0.107. The maximum Gasteiger partial charge on any atom is 0.225 e. The molecule has 88 valence electrons. The lowest BCUT2D eigenvalue weighted by Crippen LogP contribution is -2.13. The molecule has 2 heterocycles. The minimum atomic E-state index is 0.401. The van der Waals surface area contributed by atoms with Crippen LogP contribution in [0.5, 0.6) is 5.88 Å². The van der Waals surface area contributed by atoms with Gasteiger partial charge >= 0.3 is 0 Å². The molecule has 0 spiro atoms. The fourth-order valence-corrected chi connectivity index (χ4v) is 1.76. The summed E-state index contributed by atoms with van der Waals surface area (Å²) in [5, 5.41) is 3.16. The molecular formula is C11H17N3O2. The second kappa shape index (κ2) is 5.65. The Bertz CT molecular complexity index is 327. The maximum atomic E-state index is 5.53. The van der Waals surface area contributed by atoms with Crippen LogP contribution in [0.1, 0.15) is 19.3 Å². The molecule has 0 bridgehead atoms. The fourth-order valence-electron chi connectivity index (χ4n) is 1.76. The highest BCUT2D eigenvalue weighted by Crippen LogP contribution is 2.15. The average molecular weight is 223 g/mol. The van der Waals surface area contributed by atoms with Gasteiger partial charge in [0.15, 0.2) is 0 Å². The first-order valence-electron chi connectivity index (χ1n) is 5.61. The molecule has 2 rings (SSSR count). The predicted octanol–water partition coefficient (Wildman–Crippen LogP) is 1.47. The van der Waals surface area contributed by atoms with Crippen molar-refractivity contribution in [2.75, 3.05) is 25.6 Å². The zero-order chi connectivity index (χ0) is 11.2. The number of hydrogen-bond acceptors (Lipinski definition) is 5. The molecule has 1 aromatic rings. The third-order valence-corrected chi connectivity index (χ3v) is 2.61. The van der Waals surface area contributed by atoms with E-state index in [-0.39, 0.29) is 0 Å². The molecule has 0 radical (unpaired) electrons. The SMILES string of the molecule is COc1ccnc(NCCC2CCCO2)n1. The summed E-state index contributed by atoms with van der Waals surface area (Å²) in [7, 11) is 1.60. The Labute approximate surface area is 95.2 Å². The van der Waals surface area contributed by atoms with Crippen LogP contribution >= 0.6 is 0 Å². The molecule has 1 saturated heterocycles. The van der Waals surface area contributed by atoms with Gasteiger partial charge in [0.2, 0.25) is 11.8 Å². The molecule has 0 saturated carbocycles. The van der Waals surface area contributed by atoms with Crippen molar-refractivity contribution < 1.29 is 9.47 Å². The first-order valence-corrected chi connectivity index (χ1v) is 5.61. The monoisotopic (exact) mass is 223 g/mol. The lowest BCUT2D eigenvalue weighted by Gasteiger charge is -2.10. The third kappa shape index (κ3) is 3.06. The van der Waals surface area contributed by atoms with Gasteiger partial charge in [0.05, 0.1) is 13.2 Å². The first kappa shape index (κ1) is 11.1. The molecule has 0 amide bonds. The summed E-state index contributed by atoms with van der Waals surface area (Å²) in [6, 6.07) is 1.73. The van der Waals surface area contributed by atoms with E-state index in [1.807, 2.05) is 0 Å². The van der Waals surface area contributed by atoms with Crippen molar-refractivity contribution in [2.24, 2.45) is 0 Å². The second-order valence-corrected chi connectivity index (χ2v) is 3.77. The molecule has 0 aromatic carbocycles. The van der Waals surface area contributed by atoms with E-state index in [9.17, 15) is 0 Å². The van der Waals surface area contributed by atoms with Crippen LogP contribution in [0.2, 0.25) is 0 Å². The average Bonchev–Trinajstić information content (AvgIpc) is 2.82. The largest absolute Gasteiger partial charge is 0.481 e. The van der Waals surface area contributed by atoms with Crippen LogP contribution in [0.4, 0.5) is 5.95 Å². The minimum absolute atomic E-state index is 0.401. The number of nitrogens with zero attached hydrogens (tertiary/aromatic N) is 2. The van der Waals surface area contributed by atoms with Gasteiger partial charge in [0.1, 0.15) is 0 Å². The summed E-state index contributed by atoms with van der Waals surface area (Å²) in [6.45, 7) is 1.73. The van der Waals surface area contributed by atoms with E-state index < -0.39 is 0 Å². The summed E-state index contributed by atoms with van der Waals surface area (Å²) in [5.41, 5.74) is 0. The molecule has 5 nitrogen and oxygen atoms in total. The van der Waals surface area contributed by atoms with Gasteiger partial charge < -0.3 is 14.8 Å². The van der Waals surface area contributed by atoms with Crippen LogP contribution in [-0.2, 0) is 4.74 Å². The Kier molecular flexibility index (Phi) is 3.93. The van der Waals surface area contributed by atoms with Gasteiger partial charge in [-0.15, -0.1) is 0 Å². The molecule has 0 aliphatic carbocycles. The van der Waals surface area contributed by atoms with E-state index in [2.05, 4.69) is 15.3 Å². The number of nitrogens with one attached hydrogen (secondary N) is 1. The molecule has 16 heavy (non-hydrogen) atoms. The van der Waals surface area contributed by atoms with Crippen LogP contribution < -0.4 is 10.1 Å². The van der Waals surface area contributed by atoms with Crippen LogP contribution in [0.3, 0.4) is 0 Å². The number of rotatable bonds is 5. The van der Waals surface area contributed by atoms with E-state index in [0.29, 0.717) is 17.9 Å². The zero-order valence-electron chi connectivity index (χ0n) is 9.48. The van der Waals surface area contributed by atoms with Gasteiger partial charge in [-0.05, 0) is 19.3 Å². The van der Waals surface area contributed by atoms with Crippen LogP contribution in [0, 0.1) is 0 Å². The Balaban J connectivity index is 1.75. The van der Waals surface area contributed by atoms with E-state index in [4.69, 9.17) is 9.47 Å². The topological polar surface area (TPSA) is 56.3 Å². The summed E-state index contributed by atoms with van der Waals surface area (Å²) < 4.78 is 10.5. The Hall–Kier alpha value is -1.36. The Morgan fingerprint density at radius 2 is 2.56 bits per heavy atom. The van der Waals surface area contributed by atoms with Crippen molar-refractivity contribution in [2.45, 2.75) is 25.4 Å². The molecular weight excluding hydrogens is 206 g/mol. The number of ether oxygens (including phenoxy) is 2. The molecule has 5 heteroatoms. The van der Waals surface area contributed by atoms with Crippen molar-refractivity contribution in [1.82, 2.24) is 9.97 Å². The molecule has 1 aliphatic rings. The molecule has 1 aromatic heterocycles. The smallest absolute Gasteiger partial charge is 0.225 e. The van der Waals surface area contributed by atoms with Gasteiger partial charge in [-0.25, -0.2) is 4.98 Å². The standard InChI is InChI=1S/C11H17N3O2/c1-15-10-5-7-13-11(14-10)12-6-4-9-3-2-8-16-9/h5,7,9H,2-4,6,8H2,1H3,(H,12,13,14). The quantitative estimate of drug-likeness (QED) is 0.819. The van der Waals surface area contributed by atoms with Crippen molar-refractivity contribution >= 4 is 5.95 Å². The molecule has 1 N–H and O–H groups in total. The van der Waals surface area contributed by atoms with Crippen molar-refractivity contribution in [3.8, 4) is 5.88 Å². The van der Waals surface area contributed by atoms with E-state index in [0.717, 1.165) is 19.6 Å². The van der Waals surface area contributed by atoms with E-state index in [1.165, 1.54) is 12.8 Å². The highest BCUT2D eigenvalue weighted by atomic mass is 16.5. The molecule has 1 aliphatic heterocycles. The fraction of sp³-hybridized carbons (Fsp3) is 0.636. The summed E-state index contributed by atoms with van der Waals surface area (Å²) >= 11 is 0. The van der Waals surface area contributed by atoms with Crippen molar-refractivity contribution in [3.05, 3.63) is 12.3 Å². The highest BCUT2D eigenvalue weighted by Gasteiger charge is 2.14. The van der Waals surface area contributed by atoms with Crippen LogP contribution in [0.15, 0.2) is 12.3 Å². The van der Waals surface area contributed by atoms with E-state index >= 15 is 0 Å². The van der Waals surface area contributed by atoms with Gasteiger partial charge in [-0.1, -0.05) is 0 Å². The number of methoxy groups -OCH3 is 1. The van der Waals surface area contributed by atoms with Gasteiger partial charge in [-0.2, -0.15) is 4.98 Å². The summed E-state index contributed by atoms with van der Waals surface area (Å²) in [5.74, 6) is 1.19. The Morgan fingerprint density at radius 1 is 1.62 bits per heavy atom. The van der Waals surface area contributed by atoms with Crippen LogP contribution in [-0.4, -0.2) is 36.3 Å². The van der Waals surface area contributed by atoms with Gasteiger partial charge in [-0.3, -0.25) is 0 Å². The number of anilines is 1.